The summed E-state index contributed by atoms with van der Waals surface area (Å²) in [5, 5.41) is 2.19. The maximum atomic E-state index is 2.31. The van der Waals surface area contributed by atoms with Crippen LogP contribution in [0, 0.1) is 6.92 Å². The van der Waals surface area contributed by atoms with Crippen LogP contribution < -0.4 is 21.5 Å². The Hall–Kier alpha value is 0.110. The summed E-state index contributed by atoms with van der Waals surface area (Å²) in [4.78, 5) is 0. The maximum absolute atomic E-state index is 2.31. The third-order valence-corrected chi connectivity index (χ3v) is 2.49. The van der Waals surface area contributed by atoms with Crippen LogP contribution in [0.5, 0.6) is 0 Å². The Morgan fingerprint density at radius 3 is 2.73 bits per heavy atom. The van der Waals surface area contributed by atoms with Crippen molar-refractivity contribution in [2.45, 2.75) is 33.2 Å². The van der Waals surface area contributed by atoms with Crippen molar-refractivity contribution in [1.82, 2.24) is 0 Å². The fraction of sp³-hybridized carbons (Fsp3) is 0.625. The van der Waals surface area contributed by atoms with Gasteiger partial charge in [-0.15, -0.1) is 0 Å². The SMILES string of the molecule is CCCC[n+]1cscc1C.[Br-]. The topological polar surface area (TPSA) is 3.88 Å². The summed E-state index contributed by atoms with van der Waals surface area (Å²) < 4.78 is 2.31. The standard InChI is InChI=1S/C8H14NS.BrH/c1-3-4-5-9-7-10-6-8(9)2;/h6-7H,3-5H2,1-2H3;1H/q+1;/p-1. The minimum absolute atomic E-state index is 0. The van der Waals surface area contributed by atoms with E-state index in [1.807, 2.05) is 0 Å². The monoisotopic (exact) mass is 235 g/mol. The molecule has 0 radical (unpaired) electrons. The van der Waals surface area contributed by atoms with Gasteiger partial charge in [0, 0.05) is 13.3 Å². The largest absolute Gasteiger partial charge is 1.00 e. The van der Waals surface area contributed by atoms with E-state index >= 15 is 0 Å². The second-order valence-electron chi connectivity index (χ2n) is 2.55. The first-order chi connectivity index (χ1) is 4.84. The molecule has 0 aliphatic carbocycles. The molecule has 0 amide bonds. The van der Waals surface area contributed by atoms with Crippen LogP contribution in [0.4, 0.5) is 0 Å². The molecule has 1 rings (SSSR count). The Morgan fingerprint density at radius 2 is 2.27 bits per heavy atom. The van der Waals surface area contributed by atoms with Gasteiger partial charge in [0.1, 0.15) is 6.54 Å². The van der Waals surface area contributed by atoms with Crippen molar-refractivity contribution in [2.75, 3.05) is 0 Å². The van der Waals surface area contributed by atoms with Crippen LogP contribution in [0.25, 0.3) is 0 Å². The maximum Gasteiger partial charge on any atom is 0.224 e. The smallest absolute Gasteiger partial charge is 0.224 e. The minimum Gasteiger partial charge on any atom is -1.00 e. The highest BCUT2D eigenvalue weighted by atomic mass is 79.9. The van der Waals surface area contributed by atoms with Gasteiger partial charge in [-0.25, -0.2) is 0 Å². The lowest BCUT2D eigenvalue weighted by molar-refractivity contribution is -0.698. The summed E-state index contributed by atoms with van der Waals surface area (Å²) in [6.07, 6.45) is 2.57. The number of unbranched alkanes of at least 4 members (excludes halogenated alkanes) is 1. The number of hydrogen-bond donors (Lipinski definition) is 0. The van der Waals surface area contributed by atoms with Crippen LogP contribution >= 0.6 is 11.3 Å². The van der Waals surface area contributed by atoms with E-state index in [1.165, 1.54) is 25.1 Å². The molecule has 0 aliphatic rings. The molecule has 0 N–H and O–H groups in total. The highest BCUT2D eigenvalue weighted by Crippen LogP contribution is 1.97. The number of thiazole rings is 1. The number of rotatable bonds is 3. The van der Waals surface area contributed by atoms with Crippen molar-refractivity contribution in [3.8, 4) is 0 Å². The van der Waals surface area contributed by atoms with Crippen LogP contribution in [0.2, 0.25) is 0 Å². The molecule has 3 heteroatoms. The van der Waals surface area contributed by atoms with E-state index in [0.29, 0.717) is 0 Å². The highest BCUT2D eigenvalue weighted by molar-refractivity contribution is 7.07. The Morgan fingerprint density at radius 1 is 1.55 bits per heavy atom. The number of halogens is 1. The van der Waals surface area contributed by atoms with Gasteiger partial charge in [-0.3, -0.25) is 0 Å². The summed E-state index contributed by atoms with van der Waals surface area (Å²) in [5.41, 5.74) is 3.57. The van der Waals surface area contributed by atoms with Gasteiger partial charge in [-0.1, -0.05) is 24.7 Å². The molecule has 0 atom stereocenters. The van der Waals surface area contributed by atoms with Crippen LogP contribution in [0.3, 0.4) is 0 Å². The Kier molecular flexibility index (Phi) is 5.78. The lowest BCUT2D eigenvalue weighted by Gasteiger charge is -1.90. The van der Waals surface area contributed by atoms with Crippen LogP contribution in [-0.4, -0.2) is 0 Å². The molecule has 0 bridgehead atoms. The highest BCUT2D eigenvalue weighted by Gasteiger charge is 2.03. The zero-order chi connectivity index (χ0) is 7.40. The molecule has 0 saturated heterocycles. The molecule has 1 heterocycles. The first kappa shape index (κ1) is 11.1. The van der Waals surface area contributed by atoms with Crippen LogP contribution in [0.1, 0.15) is 25.5 Å². The molecule has 64 valence electrons. The van der Waals surface area contributed by atoms with Crippen LogP contribution in [-0.2, 0) is 6.54 Å². The molecule has 0 fully saturated rings. The van der Waals surface area contributed by atoms with Gasteiger partial charge < -0.3 is 17.0 Å². The van der Waals surface area contributed by atoms with E-state index in [0.717, 1.165) is 0 Å². The molecule has 0 aromatic carbocycles. The van der Waals surface area contributed by atoms with Crippen molar-refractivity contribution in [2.24, 2.45) is 0 Å². The van der Waals surface area contributed by atoms with Gasteiger partial charge in [0.05, 0.1) is 5.38 Å². The zero-order valence-corrected chi connectivity index (χ0v) is 9.41. The Bertz CT molecular complexity index is 198. The summed E-state index contributed by atoms with van der Waals surface area (Å²) in [6.45, 7) is 5.57. The molecule has 1 aromatic heterocycles. The predicted molar refractivity (Wildman–Crippen MR) is 44.2 cm³/mol. The van der Waals surface area contributed by atoms with Crippen LogP contribution in [0.15, 0.2) is 10.9 Å². The van der Waals surface area contributed by atoms with Gasteiger partial charge in [-0.05, 0) is 0 Å². The Balaban J connectivity index is 0.000001000. The first-order valence-corrected chi connectivity index (χ1v) is 4.71. The van der Waals surface area contributed by atoms with Crippen molar-refractivity contribution < 1.29 is 21.5 Å². The van der Waals surface area contributed by atoms with Crippen molar-refractivity contribution >= 4 is 11.3 Å². The van der Waals surface area contributed by atoms with Gasteiger partial charge in [0.15, 0.2) is 5.69 Å². The molecule has 0 spiro atoms. The average Bonchev–Trinajstić information content (AvgIpc) is 2.31. The zero-order valence-electron chi connectivity index (χ0n) is 7.01. The summed E-state index contributed by atoms with van der Waals surface area (Å²) in [6, 6.07) is 0. The predicted octanol–water partition coefficient (Wildman–Crippen LogP) is -0.852. The fourth-order valence-electron chi connectivity index (χ4n) is 0.911. The number of hydrogen-bond acceptors (Lipinski definition) is 1. The van der Waals surface area contributed by atoms with Gasteiger partial charge in [0.2, 0.25) is 5.51 Å². The number of nitrogens with zero attached hydrogens (tertiary/aromatic N) is 1. The second kappa shape index (κ2) is 5.72. The molecule has 0 unspecified atom stereocenters. The second-order valence-corrected chi connectivity index (χ2v) is 3.27. The van der Waals surface area contributed by atoms with Crippen molar-refractivity contribution in [3.63, 3.8) is 0 Å². The summed E-state index contributed by atoms with van der Waals surface area (Å²) in [5.74, 6) is 0. The lowest BCUT2D eigenvalue weighted by Crippen LogP contribution is -3.00. The molecular weight excluding hydrogens is 222 g/mol. The Labute approximate surface area is 82.8 Å². The average molecular weight is 236 g/mol. The molecule has 0 saturated carbocycles. The van der Waals surface area contributed by atoms with E-state index in [2.05, 4.69) is 29.3 Å². The normalized spacial score (nSPS) is 9.27. The molecule has 1 nitrogen and oxygen atoms in total. The minimum atomic E-state index is 0. The first-order valence-electron chi connectivity index (χ1n) is 3.77. The van der Waals surface area contributed by atoms with Crippen molar-refractivity contribution in [3.05, 3.63) is 16.6 Å². The summed E-state index contributed by atoms with van der Waals surface area (Å²) in [7, 11) is 0. The molecule has 11 heavy (non-hydrogen) atoms. The third-order valence-electron chi connectivity index (χ3n) is 1.63. The molecule has 1 aromatic rings. The van der Waals surface area contributed by atoms with E-state index in [4.69, 9.17) is 0 Å². The summed E-state index contributed by atoms with van der Waals surface area (Å²) >= 11 is 1.78. The fourth-order valence-corrected chi connectivity index (χ4v) is 1.72. The van der Waals surface area contributed by atoms with E-state index in [1.54, 1.807) is 11.3 Å². The quantitative estimate of drug-likeness (QED) is 0.602. The number of aromatic nitrogens is 1. The van der Waals surface area contributed by atoms with E-state index in [9.17, 15) is 0 Å². The van der Waals surface area contributed by atoms with Crippen molar-refractivity contribution in [1.29, 1.82) is 0 Å². The van der Waals surface area contributed by atoms with Gasteiger partial charge in [0.25, 0.3) is 0 Å². The lowest BCUT2D eigenvalue weighted by atomic mass is 10.3. The van der Waals surface area contributed by atoms with E-state index in [-0.39, 0.29) is 17.0 Å². The van der Waals surface area contributed by atoms with Gasteiger partial charge in [-0.2, -0.15) is 4.57 Å². The molecular formula is C8H14BrNS. The van der Waals surface area contributed by atoms with E-state index < -0.39 is 0 Å². The molecule has 0 aliphatic heterocycles. The number of aryl methyl sites for hydroxylation is 2. The van der Waals surface area contributed by atoms with Gasteiger partial charge >= 0.3 is 0 Å². The third kappa shape index (κ3) is 3.34.